The van der Waals surface area contributed by atoms with Crippen molar-refractivity contribution in [1.29, 1.82) is 0 Å². The average Bonchev–Trinajstić information content (AvgIpc) is 3.00. The highest BCUT2D eigenvalue weighted by Crippen LogP contribution is 2.18. The van der Waals surface area contributed by atoms with Crippen molar-refractivity contribution in [2.45, 2.75) is 45.1 Å². The first-order chi connectivity index (χ1) is 10.2. The zero-order valence-corrected chi connectivity index (χ0v) is 13.5. The number of benzene rings is 1. The molecule has 1 heterocycles. The normalized spacial score (nSPS) is 17.5. The Morgan fingerprint density at radius 3 is 2.33 bits per heavy atom. The SMILES string of the molecule is CC(C)c1ccc(C(O)CNCCCN2CCCC2)cc1. The third-order valence-corrected chi connectivity index (χ3v) is 4.35. The minimum Gasteiger partial charge on any atom is -0.387 e. The molecule has 0 radical (unpaired) electrons. The van der Waals surface area contributed by atoms with Crippen LogP contribution in [-0.2, 0) is 0 Å². The first kappa shape index (κ1) is 16.5. The minimum atomic E-state index is -0.405. The topological polar surface area (TPSA) is 35.5 Å². The summed E-state index contributed by atoms with van der Waals surface area (Å²) in [5, 5.41) is 13.6. The van der Waals surface area contributed by atoms with E-state index in [4.69, 9.17) is 0 Å². The van der Waals surface area contributed by atoms with E-state index in [-0.39, 0.29) is 0 Å². The fourth-order valence-electron chi connectivity index (χ4n) is 2.89. The van der Waals surface area contributed by atoms with E-state index in [2.05, 4.69) is 36.2 Å². The van der Waals surface area contributed by atoms with Gasteiger partial charge in [0.1, 0.15) is 0 Å². The molecule has 0 spiro atoms. The van der Waals surface area contributed by atoms with Gasteiger partial charge in [0.15, 0.2) is 0 Å². The van der Waals surface area contributed by atoms with Crippen molar-refractivity contribution < 1.29 is 5.11 Å². The van der Waals surface area contributed by atoms with Crippen LogP contribution in [0.25, 0.3) is 0 Å². The molecular formula is C18H30N2O. The van der Waals surface area contributed by atoms with Crippen LogP contribution in [0.3, 0.4) is 0 Å². The maximum Gasteiger partial charge on any atom is 0.0914 e. The second-order valence-corrected chi connectivity index (χ2v) is 6.44. The van der Waals surface area contributed by atoms with E-state index >= 15 is 0 Å². The third-order valence-electron chi connectivity index (χ3n) is 4.35. The number of rotatable bonds is 8. The Bertz CT molecular complexity index is 396. The van der Waals surface area contributed by atoms with Crippen molar-refractivity contribution in [3.05, 3.63) is 35.4 Å². The summed E-state index contributed by atoms with van der Waals surface area (Å²) >= 11 is 0. The van der Waals surface area contributed by atoms with Crippen LogP contribution in [0.4, 0.5) is 0 Å². The molecule has 0 saturated carbocycles. The second-order valence-electron chi connectivity index (χ2n) is 6.44. The minimum absolute atomic E-state index is 0.405. The van der Waals surface area contributed by atoms with Crippen LogP contribution in [0.2, 0.25) is 0 Å². The standard InChI is InChI=1S/C18H30N2O/c1-15(2)16-6-8-17(9-7-16)18(21)14-19-10-5-13-20-11-3-4-12-20/h6-9,15,18-19,21H,3-5,10-14H2,1-2H3. The first-order valence-electron chi connectivity index (χ1n) is 8.38. The van der Waals surface area contributed by atoms with Gasteiger partial charge in [-0.2, -0.15) is 0 Å². The van der Waals surface area contributed by atoms with Crippen LogP contribution in [0.15, 0.2) is 24.3 Å². The van der Waals surface area contributed by atoms with Crippen molar-refractivity contribution in [2.75, 3.05) is 32.7 Å². The maximum atomic E-state index is 10.2. The molecule has 1 aliphatic heterocycles. The Balaban J connectivity index is 1.63. The smallest absolute Gasteiger partial charge is 0.0914 e. The number of nitrogens with zero attached hydrogens (tertiary/aromatic N) is 1. The quantitative estimate of drug-likeness (QED) is 0.723. The van der Waals surface area contributed by atoms with E-state index in [1.165, 1.54) is 44.5 Å². The predicted octanol–water partition coefficient (Wildman–Crippen LogP) is 2.92. The Morgan fingerprint density at radius 2 is 1.71 bits per heavy atom. The molecule has 1 fully saturated rings. The van der Waals surface area contributed by atoms with Crippen molar-refractivity contribution in [3.8, 4) is 0 Å². The first-order valence-corrected chi connectivity index (χ1v) is 8.38. The van der Waals surface area contributed by atoms with Gasteiger partial charge < -0.3 is 15.3 Å². The Hall–Kier alpha value is -0.900. The summed E-state index contributed by atoms with van der Waals surface area (Å²) in [6.45, 7) is 9.72. The van der Waals surface area contributed by atoms with Crippen molar-refractivity contribution >= 4 is 0 Å². The van der Waals surface area contributed by atoms with E-state index in [9.17, 15) is 5.11 Å². The molecule has 1 aromatic rings. The Labute approximate surface area is 129 Å². The largest absolute Gasteiger partial charge is 0.387 e. The van der Waals surface area contributed by atoms with E-state index in [0.29, 0.717) is 12.5 Å². The Kier molecular flexibility index (Phi) is 6.68. The van der Waals surface area contributed by atoms with Crippen LogP contribution < -0.4 is 5.32 Å². The number of likely N-dealkylation sites (tertiary alicyclic amines) is 1. The van der Waals surface area contributed by atoms with Crippen molar-refractivity contribution in [1.82, 2.24) is 10.2 Å². The summed E-state index contributed by atoms with van der Waals surface area (Å²) in [4.78, 5) is 2.53. The van der Waals surface area contributed by atoms with Gasteiger partial charge in [0.2, 0.25) is 0 Å². The van der Waals surface area contributed by atoms with Gasteiger partial charge in [-0.05, 0) is 62.5 Å². The molecule has 1 aliphatic rings. The zero-order chi connectivity index (χ0) is 15.1. The van der Waals surface area contributed by atoms with E-state index in [0.717, 1.165) is 12.1 Å². The number of nitrogens with one attached hydrogen (secondary N) is 1. The van der Waals surface area contributed by atoms with Gasteiger partial charge in [-0.3, -0.25) is 0 Å². The highest BCUT2D eigenvalue weighted by molar-refractivity contribution is 5.26. The summed E-state index contributed by atoms with van der Waals surface area (Å²) in [5.74, 6) is 0.542. The molecule has 0 aliphatic carbocycles. The van der Waals surface area contributed by atoms with Crippen LogP contribution in [0, 0.1) is 0 Å². The zero-order valence-electron chi connectivity index (χ0n) is 13.5. The van der Waals surface area contributed by atoms with Crippen LogP contribution in [0.5, 0.6) is 0 Å². The molecule has 1 unspecified atom stereocenters. The number of aliphatic hydroxyl groups excluding tert-OH is 1. The molecule has 1 aromatic carbocycles. The van der Waals surface area contributed by atoms with Gasteiger partial charge >= 0.3 is 0 Å². The van der Waals surface area contributed by atoms with Gasteiger partial charge in [-0.25, -0.2) is 0 Å². The van der Waals surface area contributed by atoms with Crippen molar-refractivity contribution in [3.63, 3.8) is 0 Å². The molecule has 118 valence electrons. The summed E-state index contributed by atoms with van der Waals surface area (Å²) in [6.07, 6.45) is 3.48. The van der Waals surface area contributed by atoms with Crippen molar-refractivity contribution in [2.24, 2.45) is 0 Å². The molecule has 0 aromatic heterocycles. The number of hydrogen-bond acceptors (Lipinski definition) is 3. The lowest BCUT2D eigenvalue weighted by Crippen LogP contribution is -2.27. The third kappa shape index (κ3) is 5.42. The average molecular weight is 290 g/mol. The van der Waals surface area contributed by atoms with Crippen LogP contribution >= 0.6 is 0 Å². The lowest BCUT2D eigenvalue weighted by atomic mass is 10.00. The summed E-state index contributed by atoms with van der Waals surface area (Å²) in [6, 6.07) is 8.34. The molecule has 0 amide bonds. The molecule has 3 heteroatoms. The lowest BCUT2D eigenvalue weighted by molar-refractivity contribution is 0.174. The highest BCUT2D eigenvalue weighted by atomic mass is 16.3. The molecule has 0 bridgehead atoms. The molecule has 3 nitrogen and oxygen atoms in total. The van der Waals surface area contributed by atoms with Gasteiger partial charge in [0.05, 0.1) is 6.10 Å². The highest BCUT2D eigenvalue weighted by Gasteiger charge is 2.11. The van der Waals surface area contributed by atoms with Gasteiger partial charge in [-0.15, -0.1) is 0 Å². The second kappa shape index (κ2) is 8.52. The monoisotopic (exact) mass is 290 g/mol. The van der Waals surface area contributed by atoms with Crippen LogP contribution in [-0.4, -0.2) is 42.7 Å². The van der Waals surface area contributed by atoms with Gasteiger partial charge in [-0.1, -0.05) is 38.1 Å². The lowest BCUT2D eigenvalue weighted by Gasteiger charge is -2.16. The fourth-order valence-corrected chi connectivity index (χ4v) is 2.89. The molecule has 2 N–H and O–H groups in total. The number of hydrogen-bond donors (Lipinski definition) is 2. The maximum absolute atomic E-state index is 10.2. The van der Waals surface area contributed by atoms with Crippen LogP contribution in [0.1, 0.15) is 56.3 Å². The summed E-state index contributed by atoms with van der Waals surface area (Å²) in [7, 11) is 0. The fraction of sp³-hybridized carbons (Fsp3) is 0.667. The molecular weight excluding hydrogens is 260 g/mol. The number of aliphatic hydroxyl groups is 1. The molecule has 1 atom stereocenters. The van der Waals surface area contributed by atoms with E-state index in [1.807, 2.05) is 12.1 Å². The van der Waals surface area contributed by atoms with E-state index in [1.54, 1.807) is 0 Å². The molecule has 21 heavy (non-hydrogen) atoms. The van der Waals surface area contributed by atoms with Gasteiger partial charge in [0, 0.05) is 6.54 Å². The predicted molar refractivity (Wildman–Crippen MR) is 88.7 cm³/mol. The molecule has 2 rings (SSSR count). The molecule has 1 saturated heterocycles. The summed E-state index contributed by atoms with van der Waals surface area (Å²) < 4.78 is 0. The van der Waals surface area contributed by atoms with E-state index < -0.39 is 6.10 Å². The Morgan fingerprint density at radius 1 is 1.10 bits per heavy atom. The van der Waals surface area contributed by atoms with Gasteiger partial charge in [0.25, 0.3) is 0 Å². The summed E-state index contributed by atoms with van der Waals surface area (Å²) in [5.41, 5.74) is 2.33.